The van der Waals surface area contributed by atoms with Crippen molar-refractivity contribution in [3.63, 3.8) is 0 Å². The summed E-state index contributed by atoms with van der Waals surface area (Å²) >= 11 is 0. The van der Waals surface area contributed by atoms with Crippen LogP contribution in [0, 0.1) is 0 Å². The largest absolute Gasteiger partial charge is 0.481 e. The van der Waals surface area contributed by atoms with Gasteiger partial charge in [-0.15, -0.1) is 0 Å². The molecule has 3 N–H and O–H groups in total. The maximum absolute atomic E-state index is 10.8. The zero-order valence-electron chi connectivity index (χ0n) is 10.9. The van der Waals surface area contributed by atoms with Gasteiger partial charge in [-0.2, -0.15) is 0 Å². The molecular formula is C10H18N4O4S. The Bertz CT molecular complexity index is 484. The second-order valence-corrected chi connectivity index (χ2v) is 5.50. The lowest BCUT2D eigenvalue weighted by atomic mass is 10.3. The van der Waals surface area contributed by atoms with E-state index >= 15 is 0 Å². The van der Waals surface area contributed by atoms with Crippen molar-refractivity contribution >= 4 is 10.0 Å². The van der Waals surface area contributed by atoms with Crippen LogP contribution in [0.5, 0.6) is 11.8 Å². The average Bonchev–Trinajstić information content (AvgIpc) is 2.36. The molecule has 0 fully saturated rings. The van der Waals surface area contributed by atoms with Crippen molar-refractivity contribution in [3.8, 4) is 11.8 Å². The molecule has 0 radical (unpaired) electrons. The minimum atomic E-state index is -3.41. The number of nitrogens with one attached hydrogen (secondary N) is 1. The Balaban J connectivity index is 2.53. The summed E-state index contributed by atoms with van der Waals surface area (Å²) in [6, 6.07) is 0. The first-order valence-electron chi connectivity index (χ1n) is 5.61. The average molecular weight is 290 g/mol. The third-order valence-corrected chi connectivity index (χ3v) is 3.19. The number of aromatic nitrogens is 2. The molecule has 8 nitrogen and oxygen atoms in total. The first-order chi connectivity index (χ1) is 8.98. The third-order valence-electron chi connectivity index (χ3n) is 2.34. The molecule has 0 amide bonds. The smallest absolute Gasteiger partial charge is 0.224 e. The van der Waals surface area contributed by atoms with Crippen molar-refractivity contribution in [1.29, 1.82) is 0 Å². The molecule has 1 rings (SSSR count). The lowest BCUT2D eigenvalue weighted by Gasteiger charge is -2.11. The minimum Gasteiger partial charge on any atom is -0.481 e. The molecule has 0 saturated carbocycles. The molecule has 0 spiro atoms. The summed E-state index contributed by atoms with van der Waals surface area (Å²) in [5.74, 6) is 0.788. The molecular weight excluding hydrogens is 272 g/mol. The third kappa shape index (κ3) is 5.37. The van der Waals surface area contributed by atoms with Crippen LogP contribution in [0.2, 0.25) is 0 Å². The van der Waals surface area contributed by atoms with Gasteiger partial charge in [0.1, 0.15) is 6.33 Å². The molecule has 0 aliphatic heterocycles. The van der Waals surface area contributed by atoms with Crippen LogP contribution in [0.15, 0.2) is 6.33 Å². The molecule has 9 heteroatoms. The first-order valence-corrected chi connectivity index (χ1v) is 7.32. The fourth-order valence-electron chi connectivity index (χ4n) is 1.50. The molecule has 0 aliphatic carbocycles. The number of rotatable bonds is 8. The fraction of sp³-hybridized carbons (Fsp3) is 0.600. The van der Waals surface area contributed by atoms with Gasteiger partial charge in [-0.3, -0.25) is 0 Å². The van der Waals surface area contributed by atoms with Gasteiger partial charge in [-0.25, -0.2) is 23.5 Å². The summed E-state index contributed by atoms with van der Waals surface area (Å²) in [4.78, 5) is 7.95. The van der Waals surface area contributed by atoms with Gasteiger partial charge in [0.05, 0.1) is 25.5 Å². The summed E-state index contributed by atoms with van der Waals surface area (Å²) < 4.78 is 31.7. The first kappa shape index (κ1) is 15.6. The van der Waals surface area contributed by atoms with Crippen LogP contribution >= 0.6 is 0 Å². The van der Waals surface area contributed by atoms with Crippen molar-refractivity contribution in [2.45, 2.75) is 13.0 Å². The standard InChI is InChI=1S/C10H18N4O4S/c1-17-9-8(10(18-2)14-7-13-9)6-12-4-3-5-19(11,15)16/h7,12H,3-6H2,1-2H3,(H2,11,15,16). The lowest BCUT2D eigenvalue weighted by Crippen LogP contribution is -2.22. The zero-order valence-corrected chi connectivity index (χ0v) is 11.7. The van der Waals surface area contributed by atoms with Crippen LogP contribution in [-0.2, 0) is 16.6 Å². The summed E-state index contributed by atoms with van der Waals surface area (Å²) in [6.07, 6.45) is 1.78. The Kier molecular flexibility index (Phi) is 5.93. The molecule has 1 aromatic rings. The molecule has 19 heavy (non-hydrogen) atoms. The maximum atomic E-state index is 10.8. The van der Waals surface area contributed by atoms with Crippen molar-refractivity contribution in [1.82, 2.24) is 15.3 Å². The number of hydrogen-bond donors (Lipinski definition) is 2. The van der Waals surface area contributed by atoms with E-state index in [1.807, 2.05) is 0 Å². The molecule has 108 valence electrons. The van der Waals surface area contributed by atoms with Crippen molar-refractivity contribution in [2.24, 2.45) is 5.14 Å². The highest BCUT2D eigenvalue weighted by Crippen LogP contribution is 2.22. The van der Waals surface area contributed by atoms with Crippen LogP contribution in [0.3, 0.4) is 0 Å². The number of primary sulfonamides is 1. The van der Waals surface area contributed by atoms with Gasteiger partial charge >= 0.3 is 0 Å². The number of hydrogen-bond acceptors (Lipinski definition) is 7. The normalized spacial score (nSPS) is 11.3. The Morgan fingerprint density at radius 1 is 1.26 bits per heavy atom. The Labute approximate surface area is 112 Å². The van der Waals surface area contributed by atoms with E-state index in [4.69, 9.17) is 14.6 Å². The lowest BCUT2D eigenvalue weighted by molar-refractivity contribution is 0.359. The molecule has 1 aromatic heterocycles. The molecule has 0 saturated heterocycles. The van der Waals surface area contributed by atoms with Gasteiger partial charge in [0.25, 0.3) is 0 Å². The highest BCUT2D eigenvalue weighted by atomic mass is 32.2. The van der Waals surface area contributed by atoms with Gasteiger partial charge in [0, 0.05) is 6.54 Å². The summed E-state index contributed by atoms with van der Waals surface area (Å²) in [5.41, 5.74) is 0.683. The van der Waals surface area contributed by atoms with Crippen LogP contribution in [0.25, 0.3) is 0 Å². The molecule has 0 atom stereocenters. The minimum absolute atomic E-state index is 0.0560. The van der Waals surface area contributed by atoms with E-state index in [0.717, 1.165) is 0 Å². The van der Waals surface area contributed by atoms with E-state index in [1.54, 1.807) is 0 Å². The van der Waals surface area contributed by atoms with Crippen molar-refractivity contribution in [3.05, 3.63) is 11.9 Å². The van der Waals surface area contributed by atoms with Crippen LogP contribution in [0.4, 0.5) is 0 Å². The maximum Gasteiger partial charge on any atom is 0.224 e. The van der Waals surface area contributed by atoms with E-state index in [2.05, 4.69) is 15.3 Å². The second-order valence-electron chi connectivity index (χ2n) is 3.77. The number of ether oxygens (including phenoxy) is 2. The molecule has 0 bridgehead atoms. The van der Waals surface area contributed by atoms with Crippen molar-refractivity contribution < 1.29 is 17.9 Å². The van der Waals surface area contributed by atoms with E-state index < -0.39 is 10.0 Å². The summed E-state index contributed by atoms with van der Waals surface area (Å²) in [7, 11) is -0.397. The number of methoxy groups -OCH3 is 2. The van der Waals surface area contributed by atoms with E-state index in [9.17, 15) is 8.42 Å². The van der Waals surface area contributed by atoms with Gasteiger partial charge in [-0.05, 0) is 13.0 Å². The van der Waals surface area contributed by atoms with Crippen LogP contribution in [0.1, 0.15) is 12.0 Å². The van der Waals surface area contributed by atoms with E-state index in [1.165, 1.54) is 20.5 Å². The van der Waals surface area contributed by atoms with E-state index in [0.29, 0.717) is 36.8 Å². The van der Waals surface area contributed by atoms with E-state index in [-0.39, 0.29) is 5.75 Å². The van der Waals surface area contributed by atoms with Crippen molar-refractivity contribution in [2.75, 3.05) is 26.5 Å². The molecule has 0 aromatic carbocycles. The van der Waals surface area contributed by atoms with Gasteiger partial charge < -0.3 is 14.8 Å². The number of nitrogens with two attached hydrogens (primary N) is 1. The molecule has 0 unspecified atom stereocenters. The SMILES string of the molecule is COc1ncnc(OC)c1CNCCCS(N)(=O)=O. The number of sulfonamides is 1. The van der Waals surface area contributed by atoms with Crippen LogP contribution in [-0.4, -0.2) is 44.9 Å². The summed E-state index contributed by atoms with van der Waals surface area (Å²) in [6.45, 7) is 0.912. The predicted molar refractivity (Wildman–Crippen MR) is 69.4 cm³/mol. The number of nitrogens with zero attached hydrogens (tertiary/aromatic N) is 2. The monoisotopic (exact) mass is 290 g/mol. The quantitative estimate of drug-likeness (QED) is 0.606. The Morgan fingerprint density at radius 3 is 2.32 bits per heavy atom. The van der Waals surface area contributed by atoms with Gasteiger partial charge in [0.2, 0.25) is 21.8 Å². The topological polar surface area (TPSA) is 116 Å². The zero-order chi connectivity index (χ0) is 14.3. The fourth-order valence-corrected chi connectivity index (χ4v) is 2.04. The second kappa shape index (κ2) is 7.22. The molecule has 0 aliphatic rings. The van der Waals surface area contributed by atoms with Gasteiger partial charge in [0.15, 0.2) is 0 Å². The molecule has 1 heterocycles. The Morgan fingerprint density at radius 2 is 1.84 bits per heavy atom. The predicted octanol–water partition coefficient (Wildman–Crippen LogP) is -0.738. The van der Waals surface area contributed by atoms with Crippen LogP contribution < -0.4 is 19.9 Å². The highest BCUT2D eigenvalue weighted by Gasteiger charge is 2.12. The highest BCUT2D eigenvalue weighted by molar-refractivity contribution is 7.89. The Hall–Kier alpha value is -1.45. The summed E-state index contributed by atoms with van der Waals surface area (Å²) in [5, 5.41) is 7.97. The van der Waals surface area contributed by atoms with Gasteiger partial charge in [-0.1, -0.05) is 0 Å².